The Balaban J connectivity index is 1.44. The maximum atomic E-state index is 14.5. The predicted molar refractivity (Wildman–Crippen MR) is 185 cm³/mol. The van der Waals surface area contributed by atoms with E-state index in [0.29, 0.717) is 18.7 Å². The summed E-state index contributed by atoms with van der Waals surface area (Å²) >= 11 is 0. The highest BCUT2D eigenvalue weighted by Crippen LogP contribution is 2.38. The van der Waals surface area contributed by atoms with Crippen LogP contribution in [0.25, 0.3) is 28.2 Å². The lowest BCUT2D eigenvalue weighted by Crippen LogP contribution is -2.54. The number of carbonyl (C=O) groups is 2. The number of aromatic nitrogens is 1. The Hall–Kier alpha value is -3.91. The highest BCUT2D eigenvalue weighted by Gasteiger charge is 2.45. The van der Waals surface area contributed by atoms with Crippen molar-refractivity contribution in [3.8, 4) is 22.8 Å². The summed E-state index contributed by atoms with van der Waals surface area (Å²) in [7, 11) is 3.08. The van der Waals surface area contributed by atoms with E-state index < -0.39 is 18.1 Å². The number of benzene rings is 2. The molecule has 1 aliphatic carbocycles. The minimum atomic E-state index is -0.702. The normalized spacial score (nSPS) is 24.7. The largest absolute Gasteiger partial charge is 0.496 e. The average molecular weight is 640 g/mol. The number of ether oxygens (including phenoxy) is 3. The van der Waals surface area contributed by atoms with E-state index in [2.05, 4.69) is 37.4 Å². The van der Waals surface area contributed by atoms with Crippen molar-refractivity contribution in [3.63, 3.8) is 0 Å². The molecule has 2 fully saturated rings. The summed E-state index contributed by atoms with van der Waals surface area (Å²) in [4.78, 5) is 34.4. The predicted octanol–water partition coefficient (Wildman–Crippen LogP) is 7.19. The lowest BCUT2D eigenvalue weighted by Gasteiger charge is -2.34. The number of amides is 1. The lowest BCUT2D eigenvalue weighted by atomic mass is 9.82. The van der Waals surface area contributed by atoms with Gasteiger partial charge in [-0.1, -0.05) is 75.6 Å². The first-order valence-electron chi connectivity index (χ1n) is 17.3. The van der Waals surface area contributed by atoms with Crippen LogP contribution < -0.4 is 14.8 Å². The van der Waals surface area contributed by atoms with Gasteiger partial charge in [0.25, 0.3) is 0 Å². The molecule has 0 unspecified atom stereocenters. The Labute approximate surface area is 278 Å². The molecule has 4 bridgehead atoms. The van der Waals surface area contributed by atoms with Crippen molar-refractivity contribution >= 4 is 28.9 Å². The van der Waals surface area contributed by atoms with Crippen molar-refractivity contribution < 1.29 is 23.8 Å². The third-order valence-corrected chi connectivity index (χ3v) is 10.3. The van der Waals surface area contributed by atoms with E-state index >= 15 is 0 Å². The molecule has 0 spiro atoms. The van der Waals surface area contributed by atoms with Gasteiger partial charge in [0.05, 0.1) is 38.0 Å². The van der Waals surface area contributed by atoms with E-state index in [1.807, 2.05) is 42.5 Å². The number of allylic oxidation sites excluding steroid dienone is 1. The first kappa shape index (κ1) is 33.0. The highest BCUT2D eigenvalue weighted by molar-refractivity contribution is 5.92. The van der Waals surface area contributed by atoms with Gasteiger partial charge in [0.1, 0.15) is 23.6 Å². The number of esters is 1. The van der Waals surface area contributed by atoms with Crippen LogP contribution in [0.15, 0.2) is 54.6 Å². The highest BCUT2D eigenvalue weighted by atomic mass is 16.5. The third-order valence-electron chi connectivity index (χ3n) is 10.3. The molecule has 1 amide bonds. The Kier molecular flexibility index (Phi) is 10.2. The summed E-state index contributed by atoms with van der Waals surface area (Å²) in [6.07, 6.45) is 12.7. The molecule has 3 heterocycles. The number of pyridine rings is 1. The molecular weight excluding hydrogens is 590 g/mol. The second-order valence-electron chi connectivity index (χ2n) is 14.2. The van der Waals surface area contributed by atoms with Gasteiger partial charge in [-0.3, -0.25) is 4.79 Å². The van der Waals surface area contributed by atoms with E-state index in [1.165, 1.54) is 13.5 Å². The van der Waals surface area contributed by atoms with Gasteiger partial charge in [-0.05, 0) is 56.0 Å². The molecule has 3 atom stereocenters. The number of rotatable bonds is 4. The number of fused-ring (bicyclic) bond motifs is 3. The molecule has 3 aromatic rings. The van der Waals surface area contributed by atoms with Crippen molar-refractivity contribution in [2.45, 2.75) is 89.8 Å². The second-order valence-corrected chi connectivity index (χ2v) is 14.2. The molecule has 8 heteroatoms. The van der Waals surface area contributed by atoms with E-state index in [4.69, 9.17) is 19.2 Å². The number of carbonyl (C=O) groups excluding carboxylic acids is 2. The summed E-state index contributed by atoms with van der Waals surface area (Å²) in [5, 5.41) is 4.53. The molecule has 0 radical (unpaired) electrons. The molecule has 2 aromatic carbocycles. The van der Waals surface area contributed by atoms with Gasteiger partial charge in [-0.2, -0.15) is 0 Å². The number of methoxy groups -OCH3 is 2. The average Bonchev–Trinajstić information content (AvgIpc) is 3.51. The standard InChI is InChI=1S/C39H49N3O5/c1-39(2)18-11-17-28-21-30-32(24-34(28)45-3)41-31(26-13-7-5-8-14-26)23-35(30)47-29-22-33(38(44)46-4)42(25-29)37(43)36(40-20-12-19-39)27-15-9-6-10-16-27/h5,7-8,11,13-14,17,21,23-24,27,29,33,36,40H,6,9-10,12,15-16,18-20,22,25H2,1-4H3/b17-11-/t29-,33+,36+/m1/s1. The fraction of sp³-hybridized carbons (Fsp3) is 0.513. The van der Waals surface area contributed by atoms with Crippen LogP contribution in [-0.4, -0.2) is 67.3 Å². The van der Waals surface area contributed by atoms with Crippen molar-refractivity contribution in [1.29, 1.82) is 0 Å². The van der Waals surface area contributed by atoms with E-state index in [0.717, 1.165) is 85.0 Å². The SMILES string of the molecule is COC(=O)[C@@H]1C[C@@H]2CN1C(=O)[C@H](C1CCCCC1)NCCCC(C)(C)C/C=C\c1cc3c(cc(-c4ccccc4)nc3cc1OC)O2. The number of nitrogens with zero attached hydrogens (tertiary/aromatic N) is 2. The van der Waals surface area contributed by atoms with Gasteiger partial charge in [0, 0.05) is 35.1 Å². The summed E-state index contributed by atoms with van der Waals surface area (Å²) in [5.74, 6) is 1.24. The fourth-order valence-electron chi connectivity index (χ4n) is 7.60. The second kappa shape index (κ2) is 14.5. The Morgan fingerprint density at radius 1 is 1.04 bits per heavy atom. The van der Waals surface area contributed by atoms with E-state index in [-0.39, 0.29) is 23.3 Å². The van der Waals surface area contributed by atoms with Gasteiger partial charge in [-0.25, -0.2) is 9.78 Å². The molecule has 47 heavy (non-hydrogen) atoms. The molecule has 3 aliphatic rings. The minimum Gasteiger partial charge on any atom is -0.496 e. The van der Waals surface area contributed by atoms with Crippen molar-refractivity contribution in [2.75, 3.05) is 27.3 Å². The van der Waals surface area contributed by atoms with Gasteiger partial charge < -0.3 is 24.4 Å². The zero-order chi connectivity index (χ0) is 33.0. The Bertz CT molecular complexity index is 1600. The van der Waals surface area contributed by atoms with Crippen LogP contribution in [-0.2, 0) is 14.3 Å². The summed E-state index contributed by atoms with van der Waals surface area (Å²) in [6, 6.07) is 15.0. The first-order valence-corrected chi connectivity index (χ1v) is 17.3. The Morgan fingerprint density at radius 3 is 2.57 bits per heavy atom. The van der Waals surface area contributed by atoms with Gasteiger partial charge in [0.15, 0.2) is 0 Å². The van der Waals surface area contributed by atoms with E-state index in [9.17, 15) is 9.59 Å². The van der Waals surface area contributed by atoms with Crippen molar-refractivity contribution in [2.24, 2.45) is 11.3 Å². The zero-order valence-electron chi connectivity index (χ0n) is 28.3. The molecular formula is C39H49N3O5. The fourth-order valence-corrected chi connectivity index (χ4v) is 7.60. The van der Waals surface area contributed by atoms with Crippen LogP contribution in [0.5, 0.6) is 11.5 Å². The molecule has 1 saturated carbocycles. The number of hydrogen-bond donors (Lipinski definition) is 1. The number of nitrogens with one attached hydrogen (secondary N) is 1. The monoisotopic (exact) mass is 639 g/mol. The van der Waals surface area contributed by atoms with Gasteiger partial charge >= 0.3 is 5.97 Å². The smallest absolute Gasteiger partial charge is 0.328 e. The summed E-state index contributed by atoms with van der Waals surface area (Å²) in [5.41, 5.74) is 3.53. The third kappa shape index (κ3) is 7.48. The van der Waals surface area contributed by atoms with Gasteiger partial charge in [-0.15, -0.1) is 0 Å². The van der Waals surface area contributed by atoms with E-state index in [1.54, 1.807) is 12.0 Å². The minimum absolute atomic E-state index is 0.0155. The molecule has 1 N–H and O–H groups in total. The molecule has 6 rings (SSSR count). The molecule has 1 aromatic heterocycles. The number of hydrogen-bond acceptors (Lipinski definition) is 7. The molecule has 250 valence electrons. The van der Waals surface area contributed by atoms with Crippen molar-refractivity contribution in [3.05, 3.63) is 60.2 Å². The summed E-state index contributed by atoms with van der Waals surface area (Å²) in [6.45, 7) is 5.65. The first-order chi connectivity index (χ1) is 22.8. The zero-order valence-corrected chi connectivity index (χ0v) is 28.3. The van der Waals surface area contributed by atoms with Gasteiger partial charge in [0.2, 0.25) is 5.91 Å². The summed E-state index contributed by atoms with van der Waals surface area (Å²) < 4.78 is 17.9. The van der Waals surface area contributed by atoms with Crippen LogP contribution in [0.2, 0.25) is 0 Å². The molecule has 2 aliphatic heterocycles. The quantitative estimate of drug-likeness (QED) is 0.302. The van der Waals surface area contributed by atoms with Crippen LogP contribution in [0.4, 0.5) is 0 Å². The van der Waals surface area contributed by atoms with Crippen molar-refractivity contribution in [1.82, 2.24) is 15.2 Å². The van der Waals surface area contributed by atoms with Crippen LogP contribution in [0.3, 0.4) is 0 Å². The van der Waals surface area contributed by atoms with Crippen LogP contribution in [0, 0.1) is 11.3 Å². The van der Waals surface area contributed by atoms with Crippen LogP contribution >= 0.6 is 0 Å². The Morgan fingerprint density at radius 2 is 1.83 bits per heavy atom. The molecule has 1 saturated heterocycles. The van der Waals surface area contributed by atoms with Crippen LogP contribution in [0.1, 0.15) is 77.2 Å². The maximum Gasteiger partial charge on any atom is 0.328 e. The lowest BCUT2D eigenvalue weighted by molar-refractivity contribution is -0.152. The molecule has 8 nitrogen and oxygen atoms in total. The topological polar surface area (TPSA) is 90.0 Å². The maximum absolute atomic E-state index is 14.5.